The molecule has 5 nitrogen and oxygen atoms in total. The first-order valence-electron chi connectivity index (χ1n) is 8.37. The standard InChI is InChI=1S/C19H23F2N3O2.HI/c1-4-22-19(23-12-13-10-14(20)6-8-16(13)21)24-15-7-9-17(25-3)18(11-15)26-5-2;/h6-11H,4-5,12H2,1-3H3,(H2,22,23,24);1H. The van der Waals surface area contributed by atoms with Gasteiger partial charge in [0, 0.05) is 23.9 Å². The van der Waals surface area contributed by atoms with Crippen LogP contribution in [0.2, 0.25) is 0 Å². The zero-order valence-electron chi connectivity index (χ0n) is 15.5. The molecule has 148 valence electrons. The summed E-state index contributed by atoms with van der Waals surface area (Å²) < 4.78 is 37.8. The number of rotatable bonds is 7. The van der Waals surface area contributed by atoms with Crippen LogP contribution in [0.1, 0.15) is 19.4 Å². The molecular formula is C19H24F2IN3O2. The number of halogens is 3. The maximum atomic E-state index is 13.7. The Morgan fingerprint density at radius 2 is 1.85 bits per heavy atom. The van der Waals surface area contributed by atoms with E-state index in [2.05, 4.69) is 15.6 Å². The number of nitrogens with zero attached hydrogens (tertiary/aromatic N) is 1. The molecule has 0 bridgehead atoms. The van der Waals surface area contributed by atoms with Gasteiger partial charge in [-0.25, -0.2) is 13.8 Å². The van der Waals surface area contributed by atoms with Crippen LogP contribution in [0, 0.1) is 11.6 Å². The molecule has 0 amide bonds. The van der Waals surface area contributed by atoms with Gasteiger partial charge in [-0.15, -0.1) is 24.0 Å². The highest BCUT2D eigenvalue weighted by atomic mass is 127. The largest absolute Gasteiger partial charge is 0.493 e. The molecule has 0 saturated heterocycles. The van der Waals surface area contributed by atoms with Gasteiger partial charge in [-0.2, -0.15) is 0 Å². The summed E-state index contributed by atoms with van der Waals surface area (Å²) in [7, 11) is 1.57. The predicted octanol–water partition coefficient (Wildman–Crippen LogP) is 4.57. The third-order valence-electron chi connectivity index (χ3n) is 3.49. The molecule has 0 heterocycles. The van der Waals surface area contributed by atoms with Gasteiger partial charge < -0.3 is 20.1 Å². The van der Waals surface area contributed by atoms with Crippen LogP contribution in [0.5, 0.6) is 11.5 Å². The Bertz CT molecular complexity index is 773. The van der Waals surface area contributed by atoms with E-state index >= 15 is 0 Å². The van der Waals surface area contributed by atoms with E-state index in [1.165, 1.54) is 0 Å². The normalized spacial score (nSPS) is 10.8. The fraction of sp³-hybridized carbons (Fsp3) is 0.316. The third kappa shape index (κ3) is 6.85. The molecule has 0 radical (unpaired) electrons. The maximum absolute atomic E-state index is 13.7. The molecule has 2 aromatic rings. The van der Waals surface area contributed by atoms with E-state index in [0.717, 1.165) is 23.9 Å². The van der Waals surface area contributed by atoms with Crippen molar-refractivity contribution in [1.82, 2.24) is 5.32 Å². The molecule has 0 spiro atoms. The lowest BCUT2D eigenvalue weighted by atomic mass is 10.2. The summed E-state index contributed by atoms with van der Waals surface area (Å²) in [6.07, 6.45) is 0. The number of ether oxygens (including phenoxy) is 2. The van der Waals surface area contributed by atoms with Crippen LogP contribution in [0.3, 0.4) is 0 Å². The monoisotopic (exact) mass is 491 g/mol. The molecule has 0 aliphatic carbocycles. The number of anilines is 1. The van der Waals surface area contributed by atoms with Gasteiger partial charge in [-0.3, -0.25) is 0 Å². The Labute approximate surface area is 175 Å². The Balaban J connectivity index is 0.00000364. The molecule has 0 fully saturated rings. The summed E-state index contributed by atoms with van der Waals surface area (Å²) in [5.41, 5.74) is 0.917. The molecule has 0 aromatic heterocycles. The number of benzene rings is 2. The molecule has 0 aliphatic rings. The molecule has 0 unspecified atom stereocenters. The van der Waals surface area contributed by atoms with Gasteiger partial charge in [0.2, 0.25) is 0 Å². The van der Waals surface area contributed by atoms with Crippen molar-refractivity contribution in [3.63, 3.8) is 0 Å². The van der Waals surface area contributed by atoms with Crippen molar-refractivity contribution < 1.29 is 18.3 Å². The SMILES string of the molecule is CCNC(=NCc1cc(F)ccc1F)Nc1ccc(OC)c(OCC)c1.I. The highest BCUT2D eigenvalue weighted by Gasteiger charge is 2.08. The van der Waals surface area contributed by atoms with Gasteiger partial charge in [0.15, 0.2) is 17.5 Å². The van der Waals surface area contributed by atoms with E-state index in [4.69, 9.17) is 9.47 Å². The van der Waals surface area contributed by atoms with Gasteiger partial charge in [0.25, 0.3) is 0 Å². The van der Waals surface area contributed by atoms with Crippen LogP contribution in [0.15, 0.2) is 41.4 Å². The minimum Gasteiger partial charge on any atom is -0.493 e. The van der Waals surface area contributed by atoms with E-state index in [1.807, 2.05) is 19.9 Å². The topological polar surface area (TPSA) is 54.9 Å². The molecule has 2 rings (SSSR count). The molecule has 0 atom stereocenters. The summed E-state index contributed by atoms with van der Waals surface area (Å²) in [5, 5.41) is 6.19. The number of hydrogen-bond donors (Lipinski definition) is 2. The van der Waals surface area contributed by atoms with Gasteiger partial charge in [-0.1, -0.05) is 0 Å². The maximum Gasteiger partial charge on any atom is 0.196 e. The zero-order valence-corrected chi connectivity index (χ0v) is 17.8. The average molecular weight is 491 g/mol. The van der Waals surface area contributed by atoms with Crippen molar-refractivity contribution in [3.05, 3.63) is 53.6 Å². The lowest BCUT2D eigenvalue weighted by molar-refractivity contribution is 0.311. The van der Waals surface area contributed by atoms with Crippen molar-refractivity contribution in [2.75, 3.05) is 25.6 Å². The van der Waals surface area contributed by atoms with Gasteiger partial charge in [0.1, 0.15) is 11.6 Å². The molecule has 0 aliphatic heterocycles. The Morgan fingerprint density at radius 1 is 1.07 bits per heavy atom. The minimum absolute atomic E-state index is 0. The number of methoxy groups -OCH3 is 1. The van der Waals surface area contributed by atoms with Crippen molar-refractivity contribution in [2.24, 2.45) is 4.99 Å². The highest BCUT2D eigenvalue weighted by Crippen LogP contribution is 2.30. The van der Waals surface area contributed by atoms with Gasteiger partial charge >= 0.3 is 0 Å². The summed E-state index contributed by atoms with van der Waals surface area (Å²) in [6, 6.07) is 8.71. The Morgan fingerprint density at radius 3 is 2.52 bits per heavy atom. The molecule has 2 N–H and O–H groups in total. The predicted molar refractivity (Wildman–Crippen MR) is 114 cm³/mol. The van der Waals surface area contributed by atoms with Crippen molar-refractivity contribution >= 4 is 35.6 Å². The van der Waals surface area contributed by atoms with Crippen LogP contribution in [-0.2, 0) is 6.54 Å². The molecule has 27 heavy (non-hydrogen) atoms. The second-order valence-electron chi connectivity index (χ2n) is 5.35. The van der Waals surface area contributed by atoms with E-state index in [-0.39, 0.29) is 36.1 Å². The Kier molecular flexibility index (Phi) is 9.84. The van der Waals surface area contributed by atoms with Gasteiger partial charge in [0.05, 0.1) is 20.3 Å². The first kappa shape index (κ1) is 22.9. The summed E-state index contributed by atoms with van der Waals surface area (Å²) in [4.78, 5) is 4.31. The number of nitrogens with one attached hydrogen (secondary N) is 2. The molecule has 8 heteroatoms. The fourth-order valence-corrected chi connectivity index (χ4v) is 2.30. The first-order chi connectivity index (χ1) is 12.6. The number of hydrogen-bond acceptors (Lipinski definition) is 3. The summed E-state index contributed by atoms with van der Waals surface area (Å²) in [5.74, 6) is 0.692. The summed E-state index contributed by atoms with van der Waals surface area (Å²) in [6.45, 7) is 4.93. The molecular weight excluding hydrogens is 467 g/mol. The van der Waals surface area contributed by atoms with E-state index in [0.29, 0.717) is 30.6 Å². The van der Waals surface area contributed by atoms with Crippen LogP contribution >= 0.6 is 24.0 Å². The van der Waals surface area contributed by atoms with E-state index in [9.17, 15) is 8.78 Å². The van der Waals surface area contributed by atoms with Crippen LogP contribution in [0.4, 0.5) is 14.5 Å². The average Bonchev–Trinajstić information content (AvgIpc) is 2.63. The minimum atomic E-state index is -0.494. The fourth-order valence-electron chi connectivity index (χ4n) is 2.30. The first-order valence-corrected chi connectivity index (χ1v) is 8.37. The lowest BCUT2D eigenvalue weighted by Gasteiger charge is -2.14. The Hall–Kier alpha value is -2.10. The van der Waals surface area contributed by atoms with Crippen molar-refractivity contribution in [1.29, 1.82) is 0 Å². The molecule has 2 aromatic carbocycles. The van der Waals surface area contributed by atoms with Crippen LogP contribution in [-0.4, -0.2) is 26.2 Å². The van der Waals surface area contributed by atoms with Crippen molar-refractivity contribution in [3.8, 4) is 11.5 Å². The van der Waals surface area contributed by atoms with E-state index in [1.54, 1.807) is 19.2 Å². The van der Waals surface area contributed by atoms with Crippen LogP contribution in [0.25, 0.3) is 0 Å². The second kappa shape index (κ2) is 11.6. The summed E-state index contributed by atoms with van der Waals surface area (Å²) >= 11 is 0. The van der Waals surface area contributed by atoms with Gasteiger partial charge in [-0.05, 0) is 44.2 Å². The highest BCUT2D eigenvalue weighted by molar-refractivity contribution is 14.0. The zero-order chi connectivity index (χ0) is 18.9. The van der Waals surface area contributed by atoms with Crippen LogP contribution < -0.4 is 20.1 Å². The van der Waals surface area contributed by atoms with E-state index < -0.39 is 11.6 Å². The third-order valence-corrected chi connectivity index (χ3v) is 3.49. The lowest BCUT2D eigenvalue weighted by Crippen LogP contribution is -2.30. The smallest absolute Gasteiger partial charge is 0.196 e. The number of aliphatic imine (C=N–C) groups is 1. The van der Waals surface area contributed by atoms with Crippen molar-refractivity contribution in [2.45, 2.75) is 20.4 Å². The molecule has 0 saturated carbocycles. The quantitative estimate of drug-likeness (QED) is 0.339. The number of guanidine groups is 1. The second-order valence-corrected chi connectivity index (χ2v) is 5.35.